The average molecular weight is 446 g/mol. The van der Waals surface area contributed by atoms with E-state index in [2.05, 4.69) is 78.0 Å². The molecule has 166 valence electrons. The summed E-state index contributed by atoms with van der Waals surface area (Å²) in [7, 11) is 3.70. The lowest BCUT2D eigenvalue weighted by atomic mass is 9.95. The van der Waals surface area contributed by atoms with Crippen molar-refractivity contribution in [2.24, 2.45) is 0 Å². The zero-order chi connectivity index (χ0) is 22.4. The van der Waals surface area contributed by atoms with Crippen LogP contribution in [0.2, 0.25) is 0 Å². The minimum Gasteiger partial charge on any atom is -0.345 e. The molecule has 32 heavy (non-hydrogen) atoms. The number of benzene rings is 2. The monoisotopic (exact) mass is 445 g/mol. The quantitative estimate of drug-likeness (QED) is 0.370. The molecule has 0 aliphatic carbocycles. The summed E-state index contributed by atoms with van der Waals surface area (Å²) in [5, 5.41) is 2.61. The molecule has 0 bridgehead atoms. The maximum Gasteiger partial charge on any atom is 0.263 e. The normalized spacial score (nSPS) is 17.1. The van der Waals surface area contributed by atoms with E-state index in [0.29, 0.717) is 12.0 Å². The predicted octanol–water partition coefficient (Wildman–Crippen LogP) is 6.13. The lowest BCUT2D eigenvalue weighted by Crippen LogP contribution is -2.23. The first-order chi connectivity index (χ1) is 15.4. The first-order valence-corrected chi connectivity index (χ1v) is 12.3. The largest absolute Gasteiger partial charge is 0.345 e. The van der Waals surface area contributed by atoms with Crippen LogP contribution in [0.4, 0.5) is 0 Å². The van der Waals surface area contributed by atoms with Gasteiger partial charge in [0, 0.05) is 60.9 Å². The highest BCUT2D eigenvalue weighted by molar-refractivity contribution is 7.21. The molecule has 1 saturated heterocycles. The molecule has 1 amide bonds. The lowest BCUT2D eigenvalue weighted by molar-refractivity contribution is 0.0831. The van der Waals surface area contributed by atoms with Crippen LogP contribution in [0.5, 0.6) is 0 Å². The predicted molar refractivity (Wildman–Crippen MR) is 135 cm³/mol. The molecule has 0 N–H and O–H groups in total. The minimum absolute atomic E-state index is 0.125. The summed E-state index contributed by atoms with van der Waals surface area (Å²) in [6.45, 7) is 7.50. The summed E-state index contributed by atoms with van der Waals surface area (Å²) in [5.74, 6) is 0.517. The number of carbonyl (C=O) groups excluding carboxylic acids is 1. The summed E-state index contributed by atoms with van der Waals surface area (Å²) in [6, 6.07) is 17.7. The Hall–Kier alpha value is -2.63. The number of thiophene rings is 1. The number of rotatable bonds is 5. The lowest BCUT2D eigenvalue weighted by Gasteiger charge is -2.17. The van der Waals surface area contributed by atoms with Crippen molar-refractivity contribution in [3.05, 3.63) is 70.7 Å². The number of para-hydroxylation sites is 1. The van der Waals surface area contributed by atoms with Gasteiger partial charge in [-0.1, -0.05) is 36.4 Å². The molecule has 0 radical (unpaired) electrons. The van der Waals surface area contributed by atoms with Gasteiger partial charge in [-0.25, -0.2) is 0 Å². The number of aromatic nitrogens is 1. The number of hydrogen-bond donors (Lipinski definition) is 0. The fourth-order valence-corrected chi connectivity index (χ4v) is 6.43. The highest BCUT2D eigenvalue weighted by Gasteiger charge is 2.31. The van der Waals surface area contributed by atoms with Gasteiger partial charge in [0.1, 0.15) is 0 Å². The molecule has 5 heteroatoms. The van der Waals surface area contributed by atoms with Crippen LogP contribution in [0.25, 0.3) is 21.0 Å². The van der Waals surface area contributed by atoms with Crippen molar-refractivity contribution in [2.75, 3.05) is 27.2 Å². The number of likely N-dealkylation sites (tertiary alicyclic amines) is 1. The van der Waals surface area contributed by atoms with Crippen molar-refractivity contribution in [1.82, 2.24) is 14.4 Å². The summed E-state index contributed by atoms with van der Waals surface area (Å²) in [5.41, 5.74) is 3.97. The van der Waals surface area contributed by atoms with Gasteiger partial charge in [-0.05, 0) is 55.5 Å². The molecule has 3 heterocycles. The molecule has 0 unspecified atom stereocenters. The molecule has 4 aromatic rings. The van der Waals surface area contributed by atoms with Crippen molar-refractivity contribution in [3.8, 4) is 0 Å². The van der Waals surface area contributed by atoms with Gasteiger partial charge in [0.2, 0.25) is 0 Å². The molecule has 1 aliphatic rings. The van der Waals surface area contributed by atoms with E-state index in [4.69, 9.17) is 0 Å². The number of carbonyl (C=O) groups is 1. The van der Waals surface area contributed by atoms with Gasteiger partial charge < -0.3 is 9.47 Å². The van der Waals surface area contributed by atoms with E-state index >= 15 is 0 Å². The number of nitrogens with zero attached hydrogens (tertiary/aromatic N) is 3. The first kappa shape index (κ1) is 21.2. The molecule has 1 aliphatic heterocycles. The molecular formula is C27H31N3OS. The Morgan fingerprint density at radius 2 is 1.81 bits per heavy atom. The van der Waals surface area contributed by atoms with Crippen molar-refractivity contribution in [1.29, 1.82) is 0 Å². The third-order valence-corrected chi connectivity index (χ3v) is 7.86. The third kappa shape index (κ3) is 3.63. The zero-order valence-electron chi connectivity index (χ0n) is 19.3. The van der Waals surface area contributed by atoms with Crippen LogP contribution in [-0.2, 0) is 6.54 Å². The number of amides is 1. The van der Waals surface area contributed by atoms with E-state index in [9.17, 15) is 4.79 Å². The van der Waals surface area contributed by atoms with Crippen LogP contribution in [-0.4, -0.2) is 47.5 Å². The Morgan fingerprint density at radius 3 is 2.56 bits per heavy atom. The molecular weight excluding hydrogens is 414 g/mol. The summed E-state index contributed by atoms with van der Waals surface area (Å²) in [4.78, 5) is 18.2. The topological polar surface area (TPSA) is 28.5 Å². The first-order valence-electron chi connectivity index (χ1n) is 11.5. The molecule has 0 spiro atoms. The van der Waals surface area contributed by atoms with Gasteiger partial charge in [0.25, 0.3) is 5.91 Å². The molecule has 4 nitrogen and oxygen atoms in total. The molecule has 2 aromatic heterocycles. The zero-order valence-corrected chi connectivity index (χ0v) is 20.2. The Labute approximate surface area is 194 Å². The van der Waals surface area contributed by atoms with Crippen molar-refractivity contribution < 1.29 is 4.79 Å². The molecule has 1 fully saturated rings. The highest BCUT2D eigenvalue weighted by atomic mass is 32.1. The Balaban J connectivity index is 1.45. The average Bonchev–Trinajstić information content (AvgIpc) is 3.48. The highest BCUT2D eigenvalue weighted by Crippen LogP contribution is 2.41. The fourth-order valence-electron chi connectivity index (χ4n) is 5.12. The van der Waals surface area contributed by atoms with E-state index in [1.54, 1.807) is 16.2 Å². The van der Waals surface area contributed by atoms with E-state index in [1.165, 1.54) is 32.1 Å². The third-order valence-electron chi connectivity index (χ3n) is 6.69. The van der Waals surface area contributed by atoms with Gasteiger partial charge >= 0.3 is 0 Å². The standard InChI is InChI=1S/C27H31N3OS/c1-18(2)30-17-20(21-9-5-7-11-23(21)30)16-29-14-13-19(15-29)25-22-10-6-8-12-24(22)32-26(25)27(31)28(3)4/h5-12,17-19H,13-16H2,1-4H3/t19-/m0/s1. The molecule has 2 aromatic carbocycles. The van der Waals surface area contributed by atoms with Crippen LogP contribution in [0.3, 0.4) is 0 Å². The number of hydrogen-bond acceptors (Lipinski definition) is 3. The van der Waals surface area contributed by atoms with Gasteiger partial charge in [-0.15, -0.1) is 11.3 Å². The second kappa shape index (κ2) is 8.38. The van der Waals surface area contributed by atoms with Crippen LogP contribution in [0.15, 0.2) is 54.7 Å². The maximum atomic E-state index is 13.0. The fraction of sp³-hybridized carbons (Fsp3) is 0.370. The van der Waals surface area contributed by atoms with Crippen LogP contribution >= 0.6 is 11.3 Å². The Morgan fingerprint density at radius 1 is 1.09 bits per heavy atom. The second-order valence-corrected chi connectivity index (χ2v) is 10.5. The molecule has 0 saturated carbocycles. The van der Waals surface area contributed by atoms with E-state index in [0.717, 1.165) is 30.9 Å². The van der Waals surface area contributed by atoms with Gasteiger partial charge in [-0.3, -0.25) is 9.69 Å². The van der Waals surface area contributed by atoms with E-state index < -0.39 is 0 Å². The van der Waals surface area contributed by atoms with E-state index in [-0.39, 0.29) is 5.91 Å². The molecule has 5 rings (SSSR count). The SMILES string of the molecule is CC(C)n1cc(CN2CC[C@H](c3c(C(=O)N(C)C)sc4ccccc34)C2)c2ccccc21. The summed E-state index contributed by atoms with van der Waals surface area (Å²) < 4.78 is 3.60. The smallest absolute Gasteiger partial charge is 0.263 e. The number of fused-ring (bicyclic) bond motifs is 2. The van der Waals surface area contributed by atoms with Crippen LogP contribution < -0.4 is 0 Å². The summed E-state index contributed by atoms with van der Waals surface area (Å²) >= 11 is 1.65. The van der Waals surface area contributed by atoms with Crippen LogP contribution in [0.1, 0.15) is 53.0 Å². The second-order valence-electron chi connectivity index (χ2n) is 9.43. The maximum absolute atomic E-state index is 13.0. The van der Waals surface area contributed by atoms with Gasteiger partial charge in [0.15, 0.2) is 0 Å². The van der Waals surface area contributed by atoms with Crippen molar-refractivity contribution >= 4 is 38.2 Å². The Bertz CT molecular complexity index is 1280. The van der Waals surface area contributed by atoms with Crippen molar-refractivity contribution in [3.63, 3.8) is 0 Å². The van der Waals surface area contributed by atoms with Gasteiger partial charge in [0.05, 0.1) is 4.88 Å². The van der Waals surface area contributed by atoms with E-state index in [1.807, 2.05) is 14.1 Å². The van der Waals surface area contributed by atoms with Crippen molar-refractivity contribution in [2.45, 2.75) is 38.8 Å². The minimum atomic E-state index is 0.125. The summed E-state index contributed by atoms with van der Waals surface area (Å²) in [6.07, 6.45) is 3.43. The van der Waals surface area contributed by atoms with Gasteiger partial charge in [-0.2, -0.15) is 0 Å². The molecule has 1 atom stereocenters. The van der Waals surface area contributed by atoms with Crippen LogP contribution in [0, 0.1) is 0 Å². The Kier molecular flexibility index (Phi) is 5.56.